The Hall–Kier alpha value is -4.09. The molecule has 32 heavy (non-hydrogen) atoms. The Bertz CT molecular complexity index is 1010. The second-order valence-corrected chi connectivity index (χ2v) is 7.40. The van der Waals surface area contributed by atoms with E-state index in [2.05, 4.69) is 25.9 Å². The van der Waals surface area contributed by atoms with Crippen LogP contribution in [0.1, 0.15) is 41.1 Å². The summed E-state index contributed by atoms with van der Waals surface area (Å²) < 4.78 is 0. The Balaban J connectivity index is 1.52. The third-order valence-electron chi connectivity index (χ3n) is 5.14. The summed E-state index contributed by atoms with van der Waals surface area (Å²) in [6, 6.07) is 5.27. The first-order valence-electron chi connectivity index (χ1n) is 10.0. The zero-order valence-electron chi connectivity index (χ0n) is 17.2. The van der Waals surface area contributed by atoms with Gasteiger partial charge in [0, 0.05) is 42.2 Å². The highest BCUT2D eigenvalue weighted by atomic mass is 16.4. The van der Waals surface area contributed by atoms with Gasteiger partial charge in [-0.1, -0.05) is 0 Å². The van der Waals surface area contributed by atoms with Gasteiger partial charge in [-0.2, -0.15) is 9.97 Å². The van der Waals surface area contributed by atoms with Crippen molar-refractivity contribution in [3.63, 3.8) is 0 Å². The molecule has 9 N–H and O–H groups in total. The first-order chi connectivity index (χ1) is 15.2. The molecule has 0 radical (unpaired) electrons. The Kier molecular flexibility index (Phi) is 6.93. The van der Waals surface area contributed by atoms with Crippen LogP contribution in [0.15, 0.2) is 24.3 Å². The van der Waals surface area contributed by atoms with Crippen LogP contribution in [0.5, 0.6) is 0 Å². The predicted octanol–water partition coefficient (Wildman–Crippen LogP) is 0.700. The number of carboxylic acid groups (broad SMARTS) is 2. The molecule has 0 saturated heterocycles. The largest absolute Gasteiger partial charge is 0.481 e. The van der Waals surface area contributed by atoms with Gasteiger partial charge in [0.25, 0.3) is 5.91 Å². The number of benzene rings is 1. The Labute approximate surface area is 183 Å². The first-order valence-corrected chi connectivity index (χ1v) is 10.0. The molecule has 0 fully saturated rings. The molecule has 3 rings (SSSR count). The number of nitrogens with zero attached hydrogens (tertiary/aromatic N) is 2. The van der Waals surface area contributed by atoms with Crippen molar-refractivity contribution in [1.29, 1.82) is 0 Å². The van der Waals surface area contributed by atoms with Crippen molar-refractivity contribution >= 4 is 41.1 Å². The highest BCUT2D eigenvalue weighted by Crippen LogP contribution is 2.35. The van der Waals surface area contributed by atoms with Gasteiger partial charge in [-0.3, -0.25) is 9.59 Å². The number of hydrogen-bond acceptors (Lipinski definition) is 9. The number of nitrogens with two attached hydrogens (primary N) is 2. The third-order valence-corrected chi connectivity index (χ3v) is 5.14. The summed E-state index contributed by atoms with van der Waals surface area (Å²) in [7, 11) is 0. The van der Waals surface area contributed by atoms with E-state index in [1.807, 2.05) is 0 Å². The van der Waals surface area contributed by atoms with Gasteiger partial charge in [0.15, 0.2) is 0 Å². The van der Waals surface area contributed by atoms with Crippen molar-refractivity contribution in [3.05, 3.63) is 35.4 Å². The highest BCUT2D eigenvalue weighted by Gasteiger charge is 2.27. The van der Waals surface area contributed by atoms with E-state index in [-0.39, 0.29) is 30.3 Å². The summed E-state index contributed by atoms with van der Waals surface area (Å²) >= 11 is 0. The van der Waals surface area contributed by atoms with Crippen LogP contribution in [0.25, 0.3) is 0 Å². The summed E-state index contributed by atoms with van der Waals surface area (Å²) in [4.78, 5) is 42.4. The number of carbonyl (C=O) groups is 3. The Morgan fingerprint density at radius 2 is 1.88 bits per heavy atom. The summed E-state index contributed by atoms with van der Waals surface area (Å²) in [5, 5.41) is 26.7. The average molecular weight is 443 g/mol. The van der Waals surface area contributed by atoms with Gasteiger partial charge in [0.05, 0.1) is 0 Å². The number of anilines is 4. The maximum atomic E-state index is 12.3. The van der Waals surface area contributed by atoms with Gasteiger partial charge < -0.3 is 37.6 Å². The van der Waals surface area contributed by atoms with Crippen LogP contribution in [0, 0.1) is 0 Å². The number of aromatic nitrogens is 2. The molecule has 1 unspecified atom stereocenters. The smallest absolute Gasteiger partial charge is 0.326 e. The minimum atomic E-state index is -1.28. The molecule has 1 amide bonds. The molecule has 2 aromatic rings. The van der Waals surface area contributed by atoms with Crippen LogP contribution in [0.3, 0.4) is 0 Å². The fourth-order valence-electron chi connectivity index (χ4n) is 3.51. The van der Waals surface area contributed by atoms with E-state index in [4.69, 9.17) is 21.7 Å². The molecule has 0 bridgehead atoms. The monoisotopic (exact) mass is 443 g/mol. The Morgan fingerprint density at radius 1 is 1.16 bits per heavy atom. The van der Waals surface area contributed by atoms with Crippen LogP contribution in [-0.2, 0) is 9.59 Å². The molecule has 12 heteroatoms. The number of aliphatic carboxylic acids is 2. The van der Waals surface area contributed by atoms with E-state index >= 15 is 0 Å². The number of hydrogen-bond donors (Lipinski definition) is 7. The second kappa shape index (κ2) is 9.81. The molecule has 2 atom stereocenters. The SMILES string of the molecule is Nc1nc(N)c2c(n1)NCC2CCNc1ccc(C(=O)N[C@@H](CCC(=O)O)C(=O)O)cc1. The fourth-order valence-corrected chi connectivity index (χ4v) is 3.51. The van der Waals surface area contributed by atoms with Gasteiger partial charge >= 0.3 is 11.9 Å². The summed E-state index contributed by atoms with van der Waals surface area (Å²) in [5.74, 6) is -1.68. The molecule has 1 aliphatic heterocycles. The Morgan fingerprint density at radius 3 is 2.53 bits per heavy atom. The molecule has 1 aromatic heterocycles. The molecule has 0 saturated carbocycles. The van der Waals surface area contributed by atoms with E-state index in [1.165, 1.54) is 0 Å². The van der Waals surface area contributed by atoms with Crippen molar-refractivity contribution in [2.45, 2.75) is 31.2 Å². The number of rotatable bonds is 10. The molecule has 0 aliphatic carbocycles. The van der Waals surface area contributed by atoms with E-state index < -0.39 is 23.9 Å². The zero-order chi connectivity index (χ0) is 23.3. The topological polar surface area (TPSA) is 206 Å². The second-order valence-electron chi connectivity index (χ2n) is 7.40. The lowest BCUT2D eigenvalue weighted by Gasteiger charge is -2.14. The lowest BCUT2D eigenvalue weighted by Crippen LogP contribution is -2.41. The van der Waals surface area contributed by atoms with Crippen molar-refractivity contribution in [3.8, 4) is 0 Å². The normalized spacial score (nSPS) is 15.3. The summed E-state index contributed by atoms with van der Waals surface area (Å²) in [5.41, 5.74) is 13.5. The van der Waals surface area contributed by atoms with E-state index in [0.717, 1.165) is 17.7 Å². The number of nitrogens with one attached hydrogen (secondary N) is 3. The van der Waals surface area contributed by atoms with E-state index in [0.29, 0.717) is 24.7 Å². The van der Waals surface area contributed by atoms with Gasteiger partial charge in [0.2, 0.25) is 5.95 Å². The first kappa shape index (κ1) is 22.6. The maximum Gasteiger partial charge on any atom is 0.326 e. The van der Waals surface area contributed by atoms with E-state index in [1.54, 1.807) is 24.3 Å². The molecule has 12 nitrogen and oxygen atoms in total. The van der Waals surface area contributed by atoms with Gasteiger partial charge in [-0.25, -0.2) is 4.79 Å². The minimum absolute atomic E-state index is 0.133. The van der Waals surface area contributed by atoms with Crippen LogP contribution in [0.2, 0.25) is 0 Å². The quantitative estimate of drug-likeness (QED) is 0.272. The van der Waals surface area contributed by atoms with Crippen molar-refractivity contribution in [2.75, 3.05) is 35.2 Å². The van der Waals surface area contributed by atoms with Crippen LogP contribution >= 0.6 is 0 Å². The van der Waals surface area contributed by atoms with E-state index in [9.17, 15) is 14.4 Å². The lowest BCUT2D eigenvalue weighted by molar-refractivity contribution is -0.140. The third kappa shape index (κ3) is 5.53. The van der Waals surface area contributed by atoms with Crippen LogP contribution in [0.4, 0.5) is 23.3 Å². The standard InChI is InChI=1S/C20H25N7O5/c21-16-15-11(9-24-17(15)27-20(22)26-16)7-8-23-12-3-1-10(2-4-12)18(30)25-13(19(31)32)5-6-14(28)29/h1-4,11,13,23H,5-9H2,(H,25,30)(H,28,29)(H,31,32)(H5,21,22,24,26,27)/t11?,13-/m0/s1. The fraction of sp³-hybridized carbons (Fsp3) is 0.350. The van der Waals surface area contributed by atoms with Crippen molar-refractivity contribution in [1.82, 2.24) is 15.3 Å². The molecular weight excluding hydrogens is 418 g/mol. The maximum absolute atomic E-state index is 12.3. The van der Waals surface area contributed by atoms with Crippen LogP contribution < -0.4 is 27.4 Å². The molecule has 170 valence electrons. The lowest BCUT2D eigenvalue weighted by atomic mass is 9.99. The number of amides is 1. The molecule has 2 heterocycles. The molecular formula is C20H25N7O5. The van der Waals surface area contributed by atoms with Gasteiger partial charge in [0.1, 0.15) is 17.7 Å². The van der Waals surface area contributed by atoms with Crippen molar-refractivity contribution in [2.24, 2.45) is 0 Å². The zero-order valence-corrected chi connectivity index (χ0v) is 17.2. The number of carbonyl (C=O) groups excluding carboxylic acids is 1. The molecule has 1 aliphatic rings. The minimum Gasteiger partial charge on any atom is -0.481 e. The number of nitrogen functional groups attached to an aromatic ring is 2. The summed E-state index contributed by atoms with van der Waals surface area (Å²) in [6.07, 6.45) is 0.215. The van der Waals surface area contributed by atoms with Gasteiger partial charge in [-0.15, -0.1) is 0 Å². The highest BCUT2D eigenvalue weighted by molar-refractivity contribution is 5.96. The van der Waals surface area contributed by atoms with Crippen LogP contribution in [-0.4, -0.2) is 57.2 Å². The summed E-state index contributed by atoms with van der Waals surface area (Å²) in [6.45, 7) is 1.32. The molecule has 1 aromatic carbocycles. The van der Waals surface area contributed by atoms with Crippen molar-refractivity contribution < 1.29 is 24.6 Å². The van der Waals surface area contributed by atoms with Gasteiger partial charge in [-0.05, 0) is 37.1 Å². The molecule has 0 spiro atoms. The number of carboxylic acids is 2. The predicted molar refractivity (Wildman–Crippen MR) is 117 cm³/mol. The average Bonchev–Trinajstić information content (AvgIpc) is 3.14. The number of fused-ring (bicyclic) bond motifs is 1.